The second-order valence-electron chi connectivity index (χ2n) is 9.48. The fourth-order valence-corrected chi connectivity index (χ4v) is 4.49. The van der Waals surface area contributed by atoms with Crippen LogP contribution in [0.25, 0.3) is 21.9 Å². The molecule has 0 saturated heterocycles. The first kappa shape index (κ1) is 24.3. The fraction of sp³-hybridized carbons (Fsp3) is 0.222. The zero-order chi connectivity index (χ0) is 25.5. The predicted molar refractivity (Wildman–Crippen MR) is 139 cm³/mol. The van der Waals surface area contributed by atoms with Crippen molar-refractivity contribution in [2.75, 3.05) is 18.3 Å². The summed E-state index contributed by atoms with van der Waals surface area (Å²) >= 11 is 0. The number of carbonyl (C=O) groups is 1. The number of rotatable bonds is 5. The van der Waals surface area contributed by atoms with E-state index < -0.39 is 10.1 Å². The molecule has 0 saturated carbocycles. The van der Waals surface area contributed by atoms with Crippen molar-refractivity contribution in [3.05, 3.63) is 78.6 Å². The third-order valence-corrected chi connectivity index (χ3v) is 6.14. The molecular formula is C27H28N2O5S. The summed E-state index contributed by atoms with van der Waals surface area (Å²) in [5.41, 5.74) is 3.65. The number of hydrogen-bond donors (Lipinski definition) is 1. The van der Waals surface area contributed by atoms with Gasteiger partial charge in [-0.25, -0.2) is 4.79 Å². The lowest BCUT2D eigenvalue weighted by atomic mass is 9.83. The monoisotopic (exact) mass is 492 g/mol. The fourth-order valence-electron chi connectivity index (χ4n) is 4.04. The maximum atomic E-state index is 12.7. The van der Waals surface area contributed by atoms with Crippen molar-refractivity contribution in [1.82, 2.24) is 5.32 Å². The molecule has 7 nitrogen and oxygen atoms in total. The number of nitrogens with one attached hydrogen (secondary N) is 1. The van der Waals surface area contributed by atoms with Gasteiger partial charge in [0.25, 0.3) is 0 Å². The van der Waals surface area contributed by atoms with Gasteiger partial charge in [-0.15, -0.1) is 0 Å². The van der Waals surface area contributed by atoms with Crippen LogP contribution >= 0.6 is 0 Å². The Balaban J connectivity index is 1.89. The molecule has 8 heteroatoms. The highest BCUT2D eigenvalue weighted by Gasteiger charge is 2.26. The molecule has 0 bridgehead atoms. The van der Waals surface area contributed by atoms with Crippen molar-refractivity contribution >= 4 is 32.6 Å². The Hall–Kier alpha value is -3.78. The van der Waals surface area contributed by atoms with Crippen LogP contribution in [0, 0.1) is 0 Å². The van der Waals surface area contributed by atoms with Gasteiger partial charge >= 0.3 is 16.1 Å². The van der Waals surface area contributed by atoms with Crippen LogP contribution in [0.15, 0.2) is 73.1 Å². The Morgan fingerprint density at radius 1 is 1.00 bits per heavy atom. The van der Waals surface area contributed by atoms with Crippen molar-refractivity contribution in [2.45, 2.75) is 26.2 Å². The minimum Gasteiger partial charge on any atom is -0.496 e. The van der Waals surface area contributed by atoms with Gasteiger partial charge in [0.05, 0.1) is 19.1 Å². The Morgan fingerprint density at radius 2 is 1.69 bits per heavy atom. The molecular weight excluding hydrogens is 464 g/mol. The average molecular weight is 493 g/mol. The molecule has 0 spiro atoms. The van der Waals surface area contributed by atoms with Crippen molar-refractivity contribution in [1.29, 1.82) is 0 Å². The number of ether oxygens (including phenoxy) is 1. The van der Waals surface area contributed by atoms with Gasteiger partial charge in [-0.05, 0) is 58.2 Å². The number of nitrogens with zero attached hydrogens (tertiary/aromatic N) is 1. The SMILES string of the molecule is C=C1C=CN(c2cc(-c3ccc4cc(OS(C)(=O)=O)ccc4c3)c(OC)c(C(C)(C)C)c2)C(=O)N1. The smallest absolute Gasteiger partial charge is 0.330 e. The molecule has 0 aliphatic carbocycles. The van der Waals surface area contributed by atoms with Crippen LogP contribution in [0.2, 0.25) is 0 Å². The van der Waals surface area contributed by atoms with E-state index in [-0.39, 0.29) is 17.2 Å². The molecule has 2 amide bonds. The van der Waals surface area contributed by atoms with E-state index in [4.69, 9.17) is 8.92 Å². The molecule has 4 rings (SSSR count). The van der Waals surface area contributed by atoms with Gasteiger partial charge in [0, 0.05) is 23.0 Å². The number of hydrogen-bond acceptors (Lipinski definition) is 5. The third-order valence-electron chi connectivity index (χ3n) is 5.65. The van der Waals surface area contributed by atoms with Crippen LogP contribution < -0.4 is 19.1 Å². The van der Waals surface area contributed by atoms with Gasteiger partial charge < -0.3 is 14.2 Å². The van der Waals surface area contributed by atoms with Gasteiger partial charge in [0.15, 0.2) is 0 Å². The Bertz CT molecular complexity index is 1480. The largest absolute Gasteiger partial charge is 0.496 e. The summed E-state index contributed by atoms with van der Waals surface area (Å²) in [6.07, 6.45) is 4.46. The van der Waals surface area contributed by atoms with E-state index in [1.807, 2.05) is 36.4 Å². The first-order valence-corrected chi connectivity index (χ1v) is 12.8. The molecule has 1 heterocycles. The van der Waals surface area contributed by atoms with Crippen LogP contribution in [0.4, 0.5) is 10.5 Å². The van der Waals surface area contributed by atoms with E-state index in [2.05, 4.69) is 32.7 Å². The minimum absolute atomic E-state index is 0.256. The molecule has 1 aliphatic rings. The molecule has 0 unspecified atom stereocenters. The van der Waals surface area contributed by atoms with Crippen molar-refractivity contribution in [2.24, 2.45) is 0 Å². The van der Waals surface area contributed by atoms with E-state index in [0.717, 1.165) is 39.5 Å². The number of allylic oxidation sites excluding steroid dienone is 1. The van der Waals surface area contributed by atoms with Gasteiger partial charge in [0.1, 0.15) is 11.5 Å². The third kappa shape index (κ3) is 5.17. The highest BCUT2D eigenvalue weighted by atomic mass is 32.2. The number of amides is 2. The van der Waals surface area contributed by atoms with Crippen LogP contribution in [0.5, 0.6) is 11.5 Å². The molecule has 182 valence electrons. The van der Waals surface area contributed by atoms with Crippen LogP contribution in [-0.2, 0) is 15.5 Å². The molecule has 1 aliphatic heterocycles. The topological polar surface area (TPSA) is 84.9 Å². The molecule has 0 radical (unpaired) electrons. The first-order valence-electron chi connectivity index (χ1n) is 11.0. The second kappa shape index (κ2) is 8.78. The van der Waals surface area contributed by atoms with Gasteiger partial charge in [0.2, 0.25) is 0 Å². The molecule has 1 N–H and O–H groups in total. The van der Waals surface area contributed by atoms with Crippen molar-refractivity contribution in [3.8, 4) is 22.6 Å². The summed E-state index contributed by atoms with van der Waals surface area (Å²) in [6, 6.07) is 14.6. The quantitative estimate of drug-likeness (QED) is 0.461. The average Bonchev–Trinajstić information content (AvgIpc) is 2.76. The molecule has 0 fully saturated rings. The summed E-state index contributed by atoms with van der Waals surface area (Å²) in [5.74, 6) is 0.982. The van der Waals surface area contributed by atoms with Gasteiger partial charge in [-0.1, -0.05) is 45.5 Å². The van der Waals surface area contributed by atoms with Crippen molar-refractivity contribution in [3.63, 3.8) is 0 Å². The lowest BCUT2D eigenvalue weighted by Gasteiger charge is -2.29. The Morgan fingerprint density at radius 3 is 2.31 bits per heavy atom. The lowest BCUT2D eigenvalue weighted by molar-refractivity contribution is 0.250. The number of carbonyl (C=O) groups excluding carboxylic acids is 1. The highest BCUT2D eigenvalue weighted by Crippen LogP contribution is 2.43. The predicted octanol–water partition coefficient (Wildman–Crippen LogP) is 5.71. The maximum absolute atomic E-state index is 12.7. The molecule has 35 heavy (non-hydrogen) atoms. The van der Waals surface area contributed by atoms with Crippen LogP contribution in [0.3, 0.4) is 0 Å². The maximum Gasteiger partial charge on any atom is 0.330 e. The van der Waals surface area contributed by atoms with Gasteiger partial charge in [-0.2, -0.15) is 8.42 Å². The lowest BCUT2D eigenvalue weighted by Crippen LogP contribution is -2.38. The molecule has 0 aromatic heterocycles. The Labute approximate surface area is 205 Å². The number of benzene rings is 3. The number of fused-ring (bicyclic) bond motifs is 1. The minimum atomic E-state index is -3.61. The summed E-state index contributed by atoms with van der Waals surface area (Å²) < 4.78 is 33.9. The van der Waals surface area contributed by atoms with E-state index in [0.29, 0.717) is 11.4 Å². The summed E-state index contributed by atoms with van der Waals surface area (Å²) in [6.45, 7) is 10.1. The molecule has 0 atom stereocenters. The highest BCUT2D eigenvalue weighted by molar-refractivity contribution is 7.86. The van der Waals surface area contributed by atoms with Crippen LogP contribution in [0.1, 0.15) is 26.3 Å². The van der Waals surface area contributed by atoms with E-state index >= 15 is 0 Å². The zero-order valence-corrected chi connectivity index (χ0v) is 21.2. The van der Waals surface area contributed by atoms with E-state index in [1.54, 1.807) is 36.4 Å². The summed E-state index contributed by atoms with van der Waals surface area (Å²) in [5, 5.41) is 4.47. The van der Waals surface area contributed by atoms with Gasteiger partial charge in [-0.3, -0.25) is 4.90 Å². The zero-order valence-electron chi connectivity index (χ0n) is 20.4. The number of urea groups is 1. The summed E-state index contributed by atoms with van der Waals surface area (Å²) in [7, 11) is -1.97. The number of anilines is 1. The van der Waals surface area contributed by atoms with Crippen LogP contribution in [-0.4, -0.2) is 27.8 Å². The normalized spacial score (nSPS) is 14.3. The molecule has 3 aromatic rings. The Kier molecular flexibility index (Phi) is 6.11. The number of methoxy groups -OCH3 is 1. The summed E-state index contributed by atoms with van der Waals surface area (Å²) in [4.78, 5) is 14.2. The van der Waals surface area contributed by atoms with E-state index in [9.17, 15) is 13.2 Å². The standard InChI is InChI=1S/C27H28N2O5S/c1-17-11-12-29(26(30)28-17)21-15-23(25(33-5)24(16-21)27(2,3)4)20-8-7-19-14-22(34-35(6,31)32)10-9-18(19)13-20/h7-16H,1H2,2-6H3,(H,28,30). The van der Waals surface area contributed by atoms with E-state index in [1.165, 1.54) is 0 Å². The first-order chi connectivity index (χ1) is 16.4. The second-order valence-corrected chi connectivity index (χ2v) is 11.1. The van der Waals surface area contributed by atoms with Crippen molar-refractivity contribution < 1.29 is 22.1 Å². The molecule has 3 aromatic carbocycles.